The third-order valence-electron chi connectivity index (χ3n) is 2.32. The van der Waals surface area contributed by atoms with Crippen molar-refractivity contribution < 1.29 is 4.42 Å². The van der Waals surface area contributed by atoms with Crippen LogP contribution in [0.5, 0.6) is 0 Å². The summed E-state index contributed by atoms with van der Waals surface area (Å²) in [5, 5.41) is 1.93. The number of nitrogen functional groups attached to an aromatic ring is 1. The van der Waals surface area contributed by atoms with Crippen LogP contribution in [0.15, 0.2) is 40.9 Å². The van der Waals surface area contributed by atoms with E-state index in [0.29, 0.717) is 5.82 Å². The molecule has 2 heterocycles. The average Bonchev–Trinajstić information content (AvgIpc) is 2.57. The molecule has 0 fully saturated rings. The Balaban J connectivity index is 2.65. The summed E-state index contributed by atoms with van der Waals surface area (Å²) in [6.45, 7) is 0. The van der Waals surface area contributed by atoms with E-state index >= 15 is 0 Å². The second kappa shape index (κ2) is 2.48. The Morgan fingerprint density at radius 3 is 2.86 bits per heavy atom. The number of fused-ring (bicyclic) bond motifs is 3. The van der Waals surface area contributed by atoms with Crippen LogP contribution in [0.3, 0.4) is 0 Å². The van der Waals surface area contributed by atoms with Crippen LogP contribution in [-0.4, -0.2) is 4.98 Å². The number of nitrogens with two attached hydrogens (primary N) is 1. The summed E-state index contributed by atoms with van der Waals surface area (Å²) in [5.74, 6) is 0.521. The van der Waals surface area contributed by atoms with E-state index in [0.717, 1.165) is 21.9 Å². The maximum Gasteiger partial charge on any atom is 0.140 e. The lowest BCUT2D eigenvalue weighted by Gasteiger charge is -1.92. The zero-order valence-corrected chi connectivity index (χ0v) is 7.40. The first-order valence-electron chi connectivity index (χ1n) is 4.38. The maximum atomic E-state index is 5.80. The number of pyridine rings is 1. The minimum absolute atomic E-state index is 0.521. The first-order valence-corrected chi connectivity index (χ1v) is 4.38. The van der Waals surface area contributed by atoms with Crippen LogP contribution in [0, 0.1) is 0 Å². The van der Waals surface area contributed by atoms with E-state index in [9.17, 15) is 0 Å². The van der Waals surface area contributed by atoms with Gasteiger partial charge in [0.05, 0.1) is 5.39 Å². The Hall–Kier alpha value is -2.03. The molecule has 68 valence electrons. The number of furan rings is 1. The predicted octanol–water partition coefficient (Wildman–Crippen LogP) is 2.56. The molecule has 0 bridgehead atoms. The first kappa shape index (κ1) is 7.38. The molecule has 0 atom stereocenters. The van der Waals surface area contributed by atoms with E-state index in [4.69, 9.17) is 10.2 Å². The molecule has 3 aromatic rings. The Morgan fingerprint density at radius 1 is 1.07 bits per heavy atom. The molecule has 0 unspecified atom stereocenters. The average molecular weight is 184 g/mol. The van der Waals surface area contributed by atoms with Crippen LogP contribution >= 0.6 is 0 Å². The third kappa shape index (κ3) is 0.836. The summed E-state index contributed by atoms with van der Waals surface area (Å²) >= 11 is 0. The number of hydrogen-bond acceptors (Lipinski definition) is 3. The van der Waals surface area contributed by atoms with E-state index in [1.165, 1.54) is 0 Å². The number of hydrogen-bond donors (Lipinski definition) is 1. The summed E-state index contributed by atoms with van der Waals surface area (Å²) in [4.78, 5) is 4.05. The van der Waals surface area contributed by atoms with E-state index in [1.54, 1.807) is 6.20 Å². The largest absolute Gasteiger partial charge is 0.456 e. The molecular weight excluding hydrogens is 176 g/mol. The highest BCUT2D eigenvalue weighted by Gasteiger charge is 2.08. The number of rotatable bonds is 0. The lowest BCUT2D eigenvalue weighted by atomic mass is 10.2. The van der Waals surface area contributed by atoms with Crippen molar-refractivity contribution in [2.24, 2.45) is 0 Å². The third-order valence-corrected chi connectivity index (χ3v) is 2.32. The smallest absolute Gasteiger partial charge is 0.140 e. The minimum Gasteiger partial charge on any atom is -0.456 e. The maximum absolute atomic E-state index is 5.80. The molecule has 14 heavy (non-hydrogen) atoms. The van der Waals surface area contributed by atoms with Gasteiger partial charge in [0, 0.05) is 11.6 Å². The topological polar surface area (TPSA) is 52.0 Å². The van der Waals surface area contributed by atoms with Gasteiger partial charge < -0.3 is 10.2 Å². The van der Waals surface area contributed by atoms with Gasteiger partial charge in [-0.15, -0.1) is 0 Å². The highest BCUT2D eigenvalue weighted by molar-refractivity contribution is 6.09. The molecule has 0 aliphatic carbocycles. The van der Waals surface area contributed by atoms with E-state index in [1.807, 2.05) is 30.3 Å². The van der Waals surface area contributed by atoms with E-state index < -0.39 is 0 Å². The second-order valence-electron chi connectivity index (χ2n) is 3.17. The molecule has 0 saturated carbocycles. The SMILES string of the molecule is Nc1nccc2oc3ccccc3c12. The van der Waals surface area contributed by atoms with Crippen LogP contribution in [0.1, 0.15) is 0 Å². The van der Waals surface area contributed by atoms with Crippen LogP contribution in [0.4, 0.5) is 5.82 Å². The van der Waals surface area contributed by atoms with Gasteiger partial charge in [0.1, 0.15) is 17.0 Å². The summed E-state index contributed by atoms with van der Waals surface area (Å²) in [6.07, 6.45) is 1.65. The molecule has 0 aliphatic heterocycles. The molecule has 0 radical (unpaired) electrons. The van der Waals surface area contributed by atoms with Crippen molar-refractivity contribution in [3.8, 4) is 0 Å². The lowest BCUT2D eigenvalue weighted by Crippen LogP contribution is -1.88. The van der Waals surface area contributed by atoms with Crippen molar-refractivity contribution in [2.45, 2.75) is 0 Å². The molecule has 0 saturated heterocycles. The lowest BCUT2D eigenvalue weighted by molar-refractivity contribution is 0.668. The standard InChI is InChI=1S/C11H8N2O/c12-11-10-7-3-1-2-4-8(7)14-9(10)5-6-13-11/h1-6H,(H2,12,13). The molecule has 2 aromatic heterocycles. The summed E-state index contributed by atoms with van der Waals surface area (Å²) in [5.41, 5.74) is 7.44. The van der Waals surface area contributed by atoms with Crippen LogP contribution < -0.4 is 5.73 Å². The fraction of sp³-hybridized carbons (Fsp3) is 0. The highest BCUT2D eigenvalue weighted by Crippen LogP contribution is 2.30. The van der Waals surface area contributed by atoms with Gasteiger partial charge in [0.2, 0.25) is 0 Å². The quantitative estimate of drug-likeness (QED) is 0.584. The van der Waals surface area contributed by atoms with Crippen molar-refractivity contribution in [3.05, 3.63) is 36.5 Å². The normalized spacial score (nSPS) is 11.1. The summed E-state index contributed by atoms with van der Waals surface area (Å²) in [6, 6.07) is 9.64. The number of anilines is 1. The van der Waals surface area contributed by atoms with Gasteiger partial charge in [0.25, 0.3) is 0 Å². The Bertz CT molecular complexity index is 613. The van der Waals surface area contributed by atoms with Crippen molar-refractivity contribution in [3.63, 3.8) is 0 Å². The van der Waals surface area contributed by atoms with Gasteiger partial charge >= 0.3 is 0 Å². The van der Waals surface area contributed by atoms with Gasteiger partial charge in [-0.05, 0) is 12.1 Å². The van der Waals surface area contributed by atoms with Gasteiger partial charge in [-0.3, -0.25) is 0 Å². The van der Waals surface area contributed by atoms with Gasteiger partial charge in [-0.25, -0.2) is 4.98 Å². The predicted molar refractivity (Wildman–Crippen MR) is 55.9 cm³/mol. The molecule has 3 heteroatoms. The fourth-order valence-corrected chi connectivity index (χ4v) is 1.70. The molecule has 1 aromatic carbocycles. The number of benzene rings is 1. The molecule has 2 N–H and O–H groups in total. The van der Waals surface area contributed by atoms with Crippen molar-refractivity contribution in [2.75, 3.05) is 5.73 Å². The number of aromatic nitrogens is 1. The Kier molecular flexibility index (Phi) is 1.31. The summed E-state index contributed by atoms with van der Waals surface area (Å²) in [7, 11) is 0. The fourth-order valence-electron chi connectivity index (χ4n) is 1.70. The molecule has 0 aliphatic rings. The van der Waals surface area contributed by atoms with Crippen molar-refractivity contribution in [1.82, 2.24) is 4.98 Å². The van der Waals surface area contributed by atoms with Crippen LogP contribution in [-0.2, 0) is 0 Å². The van der Waals surface area contributed by atoms with Crippen LogP contribution in [0.25, 0.3) is 21.9 Å². The molecule has 0 spiro atoms. The molecule has 0 amide bonds. The summed E-state index contributed by atoms with van der Waals surface area (Å²) < 4.78 is 5.61. The minimum atomic E-state index is 0.521. The van der Waals surface area contributed by atoms with Gasteiger partial charge in [-0.1, -0.05) is 18.2 Å². The molecule has 3 nitrogen and oxygen atoms in total. The monoisotopic (exact) mass is 184 g/mol. The Labute approximate surface area is 80.1 Å². The highest BCUT2D eigenvalue weighted by atomic mass is 16.3. The molecular formula is C11H8N2O. The number of nitrogens with zero attached hydrogens (tertiary/aromatic N) is 1. The van der Waals surface area contributed by atoms with E-state index in [-0.39, 0.29) is 0 Å². The van der Waals surface area contributed by atoms with Crippen LogP contribution in [0.2, 0.25) is 0 Å². The second-order valence-corrected chi connectivity index (χ2v) is 3.17. The van der Waals surface area contributed by atoms with Crippen molar-refractivity contribution in [1.29, 1.82) is 0 Å². The van der Waals surface area contributed by atoms with E-state index in [2.05, 4.69) is 4.98 Å². The Morgan fingerprint density at radius 2 is 1.93 bits per heavy atom. The zero-order valence-electron chi connectivity index (χ0n) is 7.40. The molecule has 3 rings (SSSR count). The van der Waals surface area contributed by atoms with Gasteiger partial charge in [-0.2, -0.15) is 0 Å². The number of para-hydroxylation sites is 1. The van der Waals surface area contributed by atoms with Gasteiger partial charge in [0.15, 0.2) is 0 Å². The zero-order chi connectivity index (χ0) is 9.54. The first-order chi connectivity index (χ1) is 6.86. The van der Waals surface area contributed by atoms with Crippen molar-refractivity contribution >= 4 is 27.8 Å².